The highest BCUT2D eigenvalue weighted by molar-refractivity contribution is 5.84. The number of benzene rings is 1. The molecule has 1 aliphatic carbocycles. The number of ether oxygens (including phenoxy) is 1. The van der Waals surface area contributed by atoms with Crippen LogP contribution in [0.25, 0.3) is 0 Å². The second-order valence-electron chi connectivity index (χ2n) is 6.71. The number of esters is 1. The van der Waals surface area contributed by atoms with E-state index in [1.807, 2.05) is 45.9 Å². The lowest BCUT2D eigenvalue weighted by atomic mass is 9.89. The maximum Gasteiger partial charge on any atom is 0.313 e. The van der Waals surface area contributed by atoms with E-state index < -0.39 is 5.60 Å². The molecule has 1 aliphatic rings. The van der Waals surface area contributed by atoms with Crippen LogP contribution in [-0.4, -0.2) is 11.6 Å². The largest absolute Gasteiger partial charge is 0.460 e. The van der Waals surface area contributed by atoms with Crippen molar-refractivity contribution in [3.63, 3.8) is 0 Å². The molecule has 0 bridgehead atoms. The van der Waals surface area contributed by atoms with Crippen LogP contribution in [0.4, 0.5) is 0 Å². The van der Waals surface area contributed by atoms with E-state index in [1.165, 1.54) is 5.56 Å². The van der Waals surface area contributed by atoms with Crippen LogP contribution in [-0.2, 0) is 14.9 Å². The molecule has 2 rings (SSSR count). The highest BCUT2D eigenvalue weighted by Crippen LogP contribution is 2.65. The van der Waals surface area contributed by atoms with Crippen molar-refractivity contribution < 1.29 is 9.53 Å². The molecule has 0 N–H and O–H groups in total. The minimum absolute atomic E-state index is 0.0821. The highest BCUT2D eigenvalue weighted by atomic mass is 16.6. The second kappa shape index (κ2) is 3.84. The molecular formula is C16H22O2. The Morgan fingerprint density at radius 1 is 1.17 bits per heavy atom. The summed E-state index contributed by atoms with van der Waals surface area (Å²) in [6.45, 7) is 9.89. The van der Waals surface area contributed by atoms with Crippen molar-refractivity contribution in [1.29, 1.82) is 0 Å². The molecule has 2 atom stereocenters. The summed E-state index contributed by atoms with van der Waals surface area (Å²) in [7, 11) is 0. The lowest BCUT2D eigenvalue weighted by Crippen LogP contribution is -2.31. The molecule has 1 saturated carbocycles. The lowest BCUT2D eigenvalue weighted by Gasteiger charge is -2.25. The Morgan fingerprint density at radius 3 is 2.22 bits per heavy atom. The number of carbonyl (C=O) groups excluding carboxylic acids is 1. The normalized spacial score (nSPS) is 30.9. The van der Waals surface area contributed by atoms with E-state index in [0.717, 1.165) is 6.42 Å². The third-order valence-corrected chi connectivity index (χ3v) is 4.06. The zero-order chi connectivity index (χ0) is 13.6. The van der Waals surface area contributed by atoms with Gasteiger partial charge in [0.25, 0.3) is 0 Å². The fourth-order valence-electron chi connectivity index (χ4n) is 2.58. The van der Waals surface area contributed by atoms with E-state index in [4.69, 9.17) is 4.74 Å². The van der Waals surface area contributed by atoms with Crippen LogP contribution in [0.1, 0.15) is 46.6 Å². The molecule has 0 amide bonds. The van der Waals surface area contributed by atoms with Gasteiger partial charge in [0.1, 0.15) is 5.60 Å². The molecule has 0 aromatic heterocycles. The first-order valence-electron chi connectivity index (χ1n) is 6.48. The minimum atomic E-state index is -0.416. The predicted octanol–water partition coefficient (Wildman–Crippen LogP) is 3.70. The second-order valence-corrected chi connectivity index (χ2v) is 6.71. The molecule has 0 saturated heterocycles. The molecule has 1 aromatic carbocycles. The molecule has 0 aliphatic heterocycles. The first-order chi connectivity index (χ1) is 8.19. The molecule has 98 valence electrons. The summed E-state index contributed by atoms with van der Waals surface area (Å²) in [5.74, 6) is -0.0821. The standard InChI is InChI=1S/C16H22O2/c1-14(2,3)18-13(17)16(5)11-15(16,4)12-9-7-6-8-10-12/h6-10H,11H2,1-5H3. The van der Waals surface area contributed by atoms with Gasteiger partial charge in [0.2, 0.25) is 0 Å². The van der Waals surface area contributed by atoms with Gasteiger partial charge in [-0.3, -0.25) is 4.79 Å². The summed E-state index contributed by atoms with van der Waals surface area (Å²) in [5.41, 5.74) is 0.330. The van der Waals surface area contributed by atoms with E-state index >= 15 is 0 Å². The first-order valence-corrected chi connectivity index (χ1v) is 6.48. The molecule has 2 heteroatoms. The maximum absolute atomic E-state index is 12.3. The summed E-state index contributed by atoms with van der Waals surface area (Å²) >= 11 is 0. The Balaban J connectivity index is 2.20. The first kappa shape index (κ1) is 13.1. The van der Waals surface area contributed by atoms with Crippen LogP contribution in [0.2, 0.25) is 0 Å². The molecule has 1 fully saturated rings. The Hall–Kier alpha value is -1.31. The lowest BCUT2D eigenvalue weighted by molar-refractivity contribution is -0.161. The Morgan fingerprint density at radius 2 is 1.72 bits per heavy atom. The summed E-state index contributed by atoms with van der Waals surface area (Å²) < 4.78 is 5.54. The molecule has 1 aromatic rings. The third kappa shape index (κ3) is 2.05. The summed E-state index contributed by atoms with van der Waals surface area (Å²) in [6.07, 6.45) is 0.860. The van der Waals surface area contributed by atoms with E-state index in [1.54, 1.807) is 0 Å². The van der Waals surface area contributed by atoms with Crippen LogP contribution in [0.3, 0.4) is 0 Å². The van der Waals surface area contributed by atoms with Crippen LogP contribution in [0.5, 0.6) is 0 Å². The van der Waals surface area contributed by atoms with Crippen molar-refractivity contribution in [2.45, 2.75) is 52.1 Å². The Kier molecular flexibility index (Phi) is 2.80. The van der Waals surface area contributed by atoms with Gasteiger partial charge in [-0.2, -0.15) is 0 Å². The smallest absolute Gasteiger partial charge is 0.313 e. The summed E-state index contributed by atoms with van der Waals surface area (Å²) in [6, 6.07) is 10.2. The van der Waals surface area contributed by atoms with Gasteiger partial charge in [-0.1, -0.05) is 37.3 Å². The molecule has 0 spiro atoms. The Labute approximate surface area is 109 Å². The van der Waals surface area contributed by atoms with Gasteiger partial charge in [0.05, 0.1) is 5.41 Å². The topological polar surface area (TPSA) is 26.3 Å². The maximum atomic E-state index is 12.3. The van der Waals surface area contributed by atoms with E-state index in [0.29, 0.717) is 0 Å². The van der Waals surface area contributed by atoms with Crippen molar-refractivity contribution in [3.05, 3.63) is 35.9 Å². The van der Waals surface area contributed by atoms with Gasteiger partial charge in [-0.25, -0.2) is 0 Å². The fraction of sp³-hybridized carbons (Fsp3) is 0.562. The average molecular weight is 246 g/mol. The Bertz CT molecular complexity index is 458. The van der Waals surface area contributed by atoms with Crippen molar-refractivity contribution in [2.24, 2.45) is 5.41 Å². The molecular weight excluding hydrogens is 224 g/mol. The monoisotopic (exact) mass is 246 g/mol. The van der Waals surface area contributed by atoms with E-state index in [2.05, 4.69) is 19.1 Å². The van der Waals surface area contributed by atoms with Crippen LogP contribution < -0.4 is 0 Å². The zero-order valence-electron chi connectivity index (χ0n) is 11.9. The number of rotatable bonds is 2. The summed E-state index contributed by atoms with van der Waals surface area (Å²) in [4.78, 5) is 12.3. The van der Waals surface area contributed by atoms with Gasteiger partial charge >= 0.3 is 5.97 Å². The van der Waals surface area contributed by atoms with Crippen molar-refractivity contribution in [3.8, 4) is 0 Å². The number of hydrogen-bond donors (Lipinski definition) is 0. The predicted molar refractivity (Wildman–Crippen MR) is 72.4 cm³/mol. The van der Waals surface area contributed by atoms with Crippen molar-refractivity contribution >= 4 is 5.97 Å². The molecule has 0 radical (unpaired) electrons. The van der Waals surface area contributed by atoms with Gasteiger partial charge in [-0.05, 0) is 39.7 Å². The summed E-state index contributed by atoms with van der Waals surface area (Å²) in [5, 5.41) is 0. The molecule has 2 unspecified atom stereocenters. The van der Waals surface area contributed by atoms with Crippen LogP contribution in [0, 0.1) is 5.41 Å². The van der Waals surface area contributed by atoms with Crippen molar-refractivity contribution in [2.75, 3.05) is 0 Å². The zero-order valence-corrected chi connectivity index (χ0v) is 11.9. The van der Waals surface area contributed by atoms with Gasteiger partial charge < -0.3 is 4.74 Å². The number of hydrogen-bond acceptors (Lipinski definition) is 2. The van der Waals surface area contributed by atoms with Gasteiger partial charge in [0, 0.05) is 5.41 Å². The van der Waals surface area contributed by atoms with Crippen LogP contribution >= 0.6 is 0 Å². The minimum Gasteiger partial charge on any atom is -0.460 e. The molecule has 2 nitrogen and oxygen atoms in total. The highest BCUT2D eigenvalue weighted by Gasteiger charge is 2.67. The van der Waals surface area contributed by atoms with Crippen LogP contribution in [0.15, 0.2) is 30.3 Å². The quantitative estimate of drug-likeness (QED) is 0.744. The van der Waals surface area contributed by atoms with Gasteiger partial charge in [-0.15, -0.1) is 0 Å². The fourth-order valence-corrected chi connectivity index (χ4v) is 2.58. The molecule has 18 heavy (non-hydrogen) atoms. The number of carbonyl (C=O) groups is 1. The third-order valence-electron chi connectivity index (χ3n) is 4.06. The van der Waals surface area contributed by atoms with Crippen molar-refractivity contribution in [1.82, 2.24) is 0 Å². The van der Waals surface area contributed by atoms with E-state index in [9.17, 15) is 4.79 Å². The van der Waals surface area contributed by atoms with E-state index in [-0.39, 0.29) is 16.8 Å². The SMILES string of the molecule is CC(C)(C)OC(=O)C1(C)CC1(C)c1ccccc1. The molecule has 0 heterocycles. The van der Waals surface area contributed by atoms with Gasteiger partial charge in [0.15, 0.2) is 0 Å². The average Bonchev–Trinajstić information content (AvgIpc) is 2.84.